The number of nitrogens with zero attached hydrogens (tertiary/aromatic N) is 3. The van der Waals surface area contributed by atoms with Gasteiger partial charge in [0.2, 0.25) is 0 Å². The molecule has 22 heavy (non-hydrogen) atoms. The summed E-state index contributed by atoms with van der Waals surface area (Å²) in [5.41, 5.74) is 5.12. The second-order valence-corrected chi connectivity index (χ2v) is 7.41. The maximum absolute atomic E-state index is 11.5. The lowest BCUT2D eigenvalue weighted by molar-refractivity contribution is 0.0698. The lowest BCUT2D eigenvalue weighted by Crippen LogP contribution is -1.95. The summed E-state index contributed by atoms with van der Waals surface area (Å²) in [5.74, 6) is -1.65. The van der Waals surface area contributed by atoms with Gasteiger partial charge in [0.05, 0.1) is 5.56 Å². The van der Waals surface area contributed by atoms with Crippen LogP contribution < -0.4 is 5.73 Å². The van der Waals surface area contributed by atoms with E-state index >= 15 is 0 Å². The minimum absolute atomic E-state index is 0.0425. The normalized spacial score (nSPS) is 11.9. The number of nitrogens with two attached hydrogens (primary N) is 1. The fourth-order valence-electron chi connectivity index (χ4n) is 1.38. The maximum atomic E-state index is 11.5. The summed E-state index contributed by atoms with van der Waals surface area (Å²) in [7, 11) is -3.55. The topological polar surface area (TPSA) is 155 Å². The van der Waals surface area contributed by atoms with Crippen LogP contribution in [0.25, 0.3) is 0 Å². The Bertz CT molecular complexity index is 873. The third-order valence-corrected chi connectivity index (χ3v) is 5.24. The van der Waals surface area contributed by atoms with E-state index in [0.717, 1.165) is 12.3 Å². The summed E-state index contributed by atoms with van der Waals surface area (Å²) in [6, 6.07) is 3.60. The van der Waals surface area contributed by atoms with Crippen molar-refractivity contribution in [3.8, 4) is 5.75 Å². The number of azo groups is 1. The number of pyridine rings is 1. The molecule has 0 spiro atoms. The summed E-state index contributed by atoms with van der Waals surface area (Å²) in [5, 5.41) is 25.6. The zero-order valence-electron chi connectivity index (χ0n) is 11.1. The highest BCUT2D eigenvalue weighted by Gasteiger charge is 2.20. The number of carbonyl (C=O) groups is 1. The Hall–Kier alpha value is -2.53. The average molecular weight is 342 g/mol. The van der Waals surface area contributed by atoms with Crippen LogP contribution in [0.15, 0.2) is 32.6 Å². The number of thiophene rings is 1. The highest BCUT2D eigenvalue weighted by atomic mass is 32.2. The van der Waals surface area contributed by atoms with E-state index in [1.807, 2.05) is 0 Å². The molecular formula is C11H10N4O5S2. The Morgan fingerprint density at radius 2 is 2.05 bits per heavy atom. The molecular weight excluding hydrogens is 332 g/mol. The van der Waals surface area contributed by atoms with Gasteiger partial charge in [-0.25, -0.2) is 18.2 Å². The van der Waals surface area contributed by atoms with Gasteiger partial charge in [-0.1, -0.05) is 0 Å². The molecule has 2 rings (SSSR count). The fourth-order valence-corrected chi connectivity index (χ4v) is 3.26. The monoisotopic (exact) mass is 342 g/mol. The van der Waals surface area contributed by atoms with Crippen LogP contribution in [0.5, 0.6) is 5.75 Å². The summed E-state index contributed by atoms with van der Waals surface area (Å²) in [6.45, 7) is 0. The van der Waals surface area contributed by atoms with Crippen LogP contribution in [-0.4, -0.2) is 35.8 Å². The molecule has 0 atom stereocenters. The third kappa shape index (κ3) is 3.38. The Morgan fingerprint density at radius 1 is 1.36 bits per heavy atom. The quantitative estimate of drug-likeness (QED) is 0.717. The molecule has 116 valence electrons. The smallest absolute Gasteiger partial charge is 0.338 e. The molecule has 0 amide bonds. The lowest BCUT2D eigenvalue weighted by atomic mass is 10.3. The molecule has 0 unspecified atom stereocenters. The fraction of sp³-hybridized carbons (Fsp3) is 0.0909. The Balaban J connectivity index is 2.43. The number of aromatic carboxylic acids is 1. The minimum atomic E-state index is -3.55. The zero-order valence-corrected chi connectivity index (χ0v) is 12.7. The minimum Gasteiger partial charge on any atom is -0.504 e. The largest absolute Gasteiger partial charge is 0.504 e. The first-order valence-corrected chi connectivity index (χ1v) is 8.33. The van der Waals surface area contributed by atoms with Crippen molar-refractivity contribution in [2.24, 2.45) is 10.2 Å². The molecule has 0 fully saturated rings. The number of rotatable bonds is 4. The molecule has 11 heteroatoms. The van der Waals surface area contributed by atoms with Crippen molar-refractivity contribution in [1.82, 2.24) is 4.98 Å². The van der Waals surface area contributed by atoms with Gasteiger partial charge in [0.15, 0.2) is 32.2 Å². The molecule has 2 aromatic heterocycles. The van der Waals surface area contributed by atoms with E-state index in [0.29, 0.717) is 11.3 Å². The summed E-state index contributed by atoms with van der Waals surface area (Å²) >= 11 is 0.684. The molecule has 4 N–H and O–H groups in total. The van der Waals surface area contributed by atoms with E-state index < -0.39 is 15.8 Å². The van der Waals surface area contributed by atoms with Gasteiger partial charge in [0.1, 0.15) is 4.21 Å². The molecule has 2 heterocycles. The van der Waals surface area contributed by atoms with E-state index in [9.17, 15) is 18.3 Å². The molecule has 2 aromatic rings. The highest BCUT2D eigenvalue weighted by Crippen LogP contribution is 2.35. The second-order valence-electron chi connectivity index (χ2n) is 4.14. The number of anilines is 1. The SMILES string of the molecule is CS(=O)(=O)c1cc(C(=O)O)c(N=Nc2ccc(O)c(N)n2)s1. The average Bonchev–Trinajstić information content (AvgIpc) is 2.84. The lowest BCUT2D eigenvalue weighted by Gasteiger charge is -1.97. The van der Waals surface area contributed by atoms with Gasteiger partial charge in [-0.05, 0) is 18.2 Å². The number of carboxylic acids is 1. The first kappa shape index (κ1) is 15.9. The molecule has 0 saturated heterocycles. The molecule has 0 aliphatic rings. The van der Waals surface area contributed by atoms with Crippen LogP contribution >= 0.6 is 11.3 Å². The Kier molecular flexibility index (Phi) is 4.10. The van der Waals surface area contributed by atoms with Crippen molar-refractivity contribution in [1.29, 1.82) is 0 Å². The number of hydrogen-bond donors (Lipinski definition) is 3. The third-order valence-electron chi connectivity index (χ3n) is 2.42. The predicted molar refractivity (Wildman–Crippen MR) is 78.9 cm³/mol. The van der Waals surface area contributed by atoms with E-state index in [4.69, 9.17) is 10.8 Å². The van der Waals surface area contributed by atoms with Gasteiger partial charge < -0.3 is 15.9 Å². The molecule has 0 aromatic carbocycles. The van der Waals surface area contributed by atoms with Crippen LogP contribution in [-0.2, 0) is 9.84 Å². The molecule has 0 saturated carbocycles. The van der Waals surface area contributed by atoms with Crippen molar-refractivity contribution < 1.29 is 23.4 Å². The summed E-state index contributed by atoms with van der Waals surface area (Å²) < 4.78 is 22.8. The Morgan fingerprint density at radius 3 is 2.59 bits per heavy atom. The number of nitrogen functional groups attached to an aromatic ring is 1. The Labute approximate surface area is 128 Å². The molecule has 0 aliphatic heterocycles. The number of aromatic nitrogens is 1. The number of hydrogen-bond acceptors (Lipinski definition) is 9. The zero-order chi connectivity index (χ0) is 16.5. The predicted octanol–water partition coefficient (Wildman–Crippen LogP) is 1.95. The van der Waals surface area contributed by atoms with E-state index in [1.54, 1.807) is 0 Å². The first-order chi connectivity index (χ1) is 10.2. The van der Waals surface area contributed by atoms with E-state index in [2.05, 4.69) is 15.2 Å². The van der Waals surface area contributed by atoms with Gasteiger partial charge in [-0.15, -0.1) is 21.6 Å². The van der Waals surface area contributed by atoms with Crippen molar-refractivity contribution >= 4 is 43.8 Å². The molecule has 0 radical (unpaired) electrons. The molecule has 0 bridgehead atoms. The van der Waals surface area contributed by atoms with Gasteiger partial charge in [0, 0.05) is 6.26 Å². The van der Waals surface area contributed by atoms with Crippen LogP contribution in [0.4, 0.5) is 16.6 Å². The number of carboxylic acid groups (broad SMARTS) is 1. The van der Waals surface area contributed by atoms with Gasteiger partial charge in [0.25, 0.3) is 0 Å². The van der Waals surface area contributed by atoms with Crippen molar-refractivity contribution in [3.05, 3.63) is 23.8 Å². The van der Waals surface area contributed by atoms with Gasteiger partial charge >= 0.3 is 5.97 Å². The van der Waals surface area contributed by atoms with Crippen molar-refractivity contribution in [3.63, 3.8) is 0 Å². The van der Waals surface area contributed by atoms with Gasteiger partial charge in [-0.3, -0.25) is 0 Å². The van der Waals surface area contributed by atoms with E-state index in [-0.39, 0.29) is 32.2 Å². The van der Waals surface area contributed by atoms with Gasteiger partial charge in [-0.2, -0.15) is 0 Å². The maximum Gasteiger partial charge on any atom is 0.338 e. The first-order valence-electron chi connectivity index (χ1n) is 5.63. The molecule has 9 nitrogen and oxygen atoms in total. The van der Waals surface area contributed by atoms with Crippen molar-refractivity contribution in [2.45, 2.75) is 4.21 Å². The van der Waals surface area contributed by atoms with Crippen LogP contribution in [0, 0.1) is 0 Å². The summed E-state index contributed by atoms with van der Waals surface area (Å²) in [6.07, 6.45) is 0.966. The number of sulfone groups is 1. The molecule has 0 aliphatic carbocycles. The van der Waals surface area contributed by atoms with Crippen LogP contribution in [0.2, 0.25) is 0 Å². The van der Waals surface area contributed by atoms with E-state index in [1.165, 1.54) is 12.1 Å². The second kappa shape index (κ2) is 5.69. The van der Waals surface area contributed by atoms with Crippen LogP contribution in [0.3, 0.4) is 0 Å². The van der Waals surface area contributed by atoms with Crippen LogP contribution in [0.1, 0.15) is 10.4 Å². The number of aromatic hydroxyl groups is 1. The summed E-state index contributed by atoms with van der Waals surface area (Å²) in [4.78, 5) is 14.8. The highest BCUT2D eigenvalue weighted by molar-refractivity contribution is 7.92. The van der Waals surface area contributed by atoms with Crippen molar-refractivity contribution in [2.75, 3.05) is 12.0 Å². The standard InChI is InChI=1S/C11H10N4O5S2/c1-22(19,20)8-4-5(11(17)18)10(21-8)15-14-7-3-2-6(16)9(12)13-7/h2-4,16H,1H3,(H2,12,13)(H,17,18).